The Bertz CT molecular complexity index is 777. The zero-order valence-corrected chi connectivity index (χ0v) is 16.3. The number of aromatic nitrogens is 2. The van der Waals surface area contributed by atoms with E-state index < -0.39 is 0 Å². The highest BCUT2D eigenvalue weighted by Crippen LogP contribution is 2.13. The third-order valence-electron chi connectivity index (χ3n) is 4.41. The van der Waals surface area contributed by atoms with Crippen LogP contribution < -0.4 is 16.2 Å². The van der Waals surface area contributed by atoms with E-state index in [1.54, 1.807) is 17.8 Å². The number of H-pyrrole nitrogens is 1. The lowest BCUT2D eigenvalue weighted by molar-refractivity contribution is -0.120. The van der Waals surface area contributed by atoms with Crippen LogP contribution >= 0.6 is 24.2 Å². The van der Waals surface area contributed by atoms with Crippen molar-refractivity contribution in [2.75, 3.05) is 25.4 Å². The Morgan fingerprint density at radius 3 is 3.00 bits per heavy atom. The average molecular weight is 397 g/mol. The van der Waals surface area contributed by atoms with E-state index >= 15 is 0 Å². The second-order valence-electron chi connectivity index (χ2n) is 6.33. The Labute approximate surface area is 163 Å². The van der Waals surface area contributed by atoms with Crippen molar-refractivity contribution in [3.05, 3.63) is 40.4 Å². The predicted molar refractivity (Wildman–Crippen MR) is 109 cm³/mol. The Balaban J connectivity index is 0.00000243. The lowest BCUT2D eigenvalue weighted by Crippen LogP contribution is -2.26. The van der Waals surface area contributed by atoms with Crippen LogP contribution in [0, 0.1) is 5.92 Å². The Morgan fingerprint density at radius 2 is 2.19 bits per heavy atom. The van der Waals surface area contributed by atoms with E-state index in [1.165, 1.54) is 6.42 Å². The zero-order chi connectivity index (χ0) is 17.5. The van der Waals surface area contributed by atoms with Crippen LogP contribution in [0.25, 0.3) is 10.9 Å². The molecule has 1 aromatic heterocycles. The van der Waals surface area contributed by atoms with E-state index in [0.29, 0.717) is 40.6 Å². The minimum absolute atomic E-state index is 0. The van der Waals surface area contributed by atoms with Gasteiger partial charge >= 0.3 is 0 Å². The van der Waals surface area contributed by atoms with Crippen molar-refractivity contribution in [3.63, 3.8) is 0 Å². The van der Waals surface area contributed by atoms with Crippen LogP contribution in [0.5, 0.6) is 0 Å². The summed E-state index contributed by atoms with van der Waals surface area (Å²) in [5.74, 6) is 2.76. The summed E-state index contributed by atoms with van der Waals surface area (Å²) in [5, 5.41) is 6.93. The minimum Gasteiger partial charge on any atom is -0.356 e. The fourth-order valence-electron chi connectivity index (χ4n) is 3.00. The molecule has 3 rings (SSSR count). The van der Waals surface area contributed by atoms with Gasteiger partial charge < -0.3 is 15.6 Å². The molecule has 1 aliphatic rings. The van der Waals surface area contributed by atoms with Gasteiger partial charge in [-0.25, -0.2) is 4.98 Å². The van der Waals surface area contributed by atoms with Gasteiger partial charge in [0.2, 0.25) is 5.91 Å². The number of carbonyl (C=O) groups excluding carboxylic acids is 1. The SMILES string of the molecule is Cl.O=C(CCSCc1nc2ccccc2c(=O)[nH]1)NCCC1CCNC1. The molecule has 26 heavy (non-hydrogen) atoms. The maximum absolute atomic E-state index is 12.0. The van der Waals surface area contributed by atoms with Gasteiger partial charge in [0.25, 0.3) is 5.56 Å². The van der Waals surface area contributed by atoms with Gasteiger partial charge in [-0.1, -0.05) is 12.1 Å². The van der Waals surface area contributed by atoms with Crippen molar-refractivity contribution in [2.45, 2.75) is 25.0 Å². The Kier molecular flexibility index (Phi) is 8.41. The van der Waals surface area contributed by atoms with Gasteiger partial charge in [0.05, 0.1) is 16.7 Å². The van der Waals surface area contributed by atoms with E-state index in [-0.39, 0.29) is 23.9 Å². The summed E-state index contributed by atoms with van der Waals surface area (Å²) < 4.78 is 0. The third-order valence-corrected chi connectivity index (χ3v) is 5.38. The Hall–Kier alpha value is -1.57. The number of rotatable bonds is 8. The summed E-state index contributed by atoms with van der Waals surface area (Å²) in [6.45, 7) is 2.93. The molecule has 3 N–H and O–H groups in total. The lowest BCUT2D eigenvalue weighted by atomic mass is 10.1. The molecule has 142 valence electrons. The highest BCUT2D eigenvalue weighted by atomic mass is 35.5. The molecular weight excluding hydrogens is 372 g/mol. The van der Waals surface area contributed by atoms with E-state index in [4.69, 9.17) is 0 Å². The normalized spacial score (nSPS) is 16.4. The number of fused-ring (bicyclic) bond motifs is 1. The number of para-hydroxylation sites is 1. The maximum Gasteiger partial charge on any atom is 0.258 e. The third kappa shape index (κ3) is 6.00. The number of amides is 1. The van der Waals surface area contributed by atoms with Crippen molar-refractivity contribution in [1.29, 1.82) is 0 Å². The van der Waals surface area contributed by atoms with Crippen molar-refractivity contribution < 1.29 is 4.79 Å². The number of halogens is 1. The van der Waals surface area contributed by atoms with E-state index in [0.717, 1.165) is 26.1 Å². The smallest absolute Gasteiger partial charge is 0.258 e. The van der Waals surface area contributed by atoms with Crippen molar-refractivity contribution in [1.82, 2.24) is 20.6 Å². The number of thioether (sulfide) groups is 1. The summed E-state index contributed by atoms with van der Waals surface area (Å²) in [7, 11) is 0. The van der Waals surface area contributed by atoms with Gasteiger partial charge in [0.15, 0.2) is 0 Å². The van der Waals surface area contributed by atoms with Gasteiger partial charge in [-0.2, -0.15) is 11.8 Å². The molecule has 0 bridgehead atoms. The summed E-state index contributed by atoms with van der Waals surface area (Å²) in [6, 6.07) is 7.31. The summed E-state index contributed by atoms with van der Waals surface area (Å²) in [4.78, 5) is 31.1. The number of benzene rings is 1. The number of hydrogen-bond donors (Lipinski definition) is 3. The van der Waals surface area contributed by atoms with Crippen molar-refractivity contribution in [2.24, 2.45) is 5.92 Å². The quantitative estimate of drug-likeness (QED) is 0.595. The molecule has 1 atom stereocenters. The highest BCUT2D eigenvalue weighted by molar-refractivity contribution is 7.98. The van der Waals surface area contributed by atoms with Crippen LogP contribution in [0.3, 0.4) is 0 Å². The number of nitrogens with one attached hydrogen (secondary N) is 3. The number of aromatic amines is 1. The topological polar surface area (TPSA) is 86.9 Å². The van der Waals surface area contributed by atoms with Gasteiger partial charge in [0, 0.05) is 18.7 Å². The first-order chi connectivity index (χ1) is 12.2. The van der Waals surface area contributed by atoms with Crippen LogP contribution in [-0.4, -0.2) is 41.3 Å². The van der Waals surface area contributed by atoms with Crippen molar-refractivity contribution in [3.8, 4) is 0 Å². The molecule has 0 saturated carbocycles. The largest absolute Gasteiger partial charge is 0.356 e. The van der Waals surface area contributed by atoms with Crippen LogP contribution in [0.2, 0.25) is 0 Å². The maximum atomic E-state index is 12.0. The molecule has 1 amide bonds. The van der Waals surface area contributed by atoms with E-state index in [1.807, 2.05) is 18.2 Å². The molecule has 0 aliphatic carbocycles. The Morgan fingerprint density at radius 1 is 1.35 bits per heavy atom. The zero-order valence-electron chi connectivity index (χ0n) is 14.6. The molecule has 8 heteroatoms. The second-order valence-corrected chi connectivity index (χ2v) is 7.43. The minimum atomic E-state index is -0.111. The molecule has 0 spiro atoms. The van der Waals surface area contributed by atoms with Crippen LogP contribution in [0.1, 0.15) is 25.1 Å². The fraction of sp³-hybridized carbons (Fsp3) is 0.500. The molecule has 2 heterocycles. The van der Waals surface area contributed by atoms with Crippen LogP contribution in [0.15, 0.2) is 29.1 Å². The first-order valence-corrected chi connectivity index (χ1v) is 9.91. The molecule has 2 aromatic rings. The van der Waals surface area contributed by atoms with Gasteiger partial charge in [-0.05, 0) is 44.0 Å². The van der Waals surface area contributed by atoms with E-state index in [2.05, 4.69) is 20.6 Å². The number of carbonyl (C=O) groups is 1. The summed E-state index contributed by atoms with van der Waals surface area (Å²) >= 11 is 1.61. The molecule has 1 aliphatic heterocycles. The molecule has 1 saturated heterocycles. The first kappa shape index (κ1) is 20.7. The molecule has 6 nitrogen and oxygen atoms in total. The molecule has 1 unspecified atom stereocenters. The average Bonchev–Trinajstić information content (AvgIpc) is 3.12. The molecular formula is C18H25ClN4O2S. The second kappa shape index (κ2) is 10.5. The van der Waals surface area contributed by atoms with Crippen molar-refractivity contribution >= 4 is 41.0 Å². The number of hydrogen-bond acceptors (Lipinski definition) is 5. The van der Waals surface area contributed by atoms with Crippen LogP contribution in [0.4, 0.5) is 0 Å². The summed E-state index contributed by atoms with van der Waals surface area (Å²) in [5.41, 5.74) is 0.598. The molecule has 1 aromatic carbocycles. The monoisotopic (exact) mass is 396 g/mol. The van der Waals surface area contributed by atoms with Gasteiger partial charge in [-0.15, -0.1) is 12.4 Å². The van der Waals surface area contributed by atoms with Gasteiger partial charge in [0.1, 0.15) is 5.82 Å². The number of nitrogens with zero attached hydrogens (tertiary/aromatic N) is 1. The molecule has 1 fully saturated rings. The standard InChI is InChI=1S/C18H24N4O2S.ClH/c23-17(20-9-6-13-5-8-19-11-13)7-10-25-12-16-21-15-4-2-1-3-14(15)18(24)22-16;/h1-4,13,19H,5-12H2,(H,20,23)(H,21,22,24);1H. The lowest BCUT2D eigenvalue weighted by Gasteiger charge is -2.09. The predicted octanol–water partition coefficient (Wildman–Crippen LogP) is 2.08. The fourth-order valence-corrected chi connectivity index (χ4v) is 3.81. The highest BCUT2D eigenvalue weighted by Gasteiger charge is 2.14. The molecule has 0 radical (unpaired) electrons. The van der Waals surface area contributed by atoms with E-state index in [9.17, 15) is 9.59 Å². The van der Waals surface area contributed by atoms with Crippen LogP contribution in [-0.2, 0) is 10.5 Å². The van der Waals surface area contributed by atoms with Gasteiger partial charge in [-0.3, -0.25) is 9.59 Å². The first-order valence-electron chi connectivity index (χ1n) is 8.75. The summed E-state index contributed by atoms with van der Waals surface area (Å²) in [6.07, 6.45) is 2.75.